The van der Waals surface area contributed by atoms with Gasteiger partial charge >= 0.3 is 0 Å². The van der Waals surface area contributed by atoms with Crippen molar-refractivity contribution in [1.82, 2.24) is 5.32 Å². The largest absolute Gasteiger partial charge is 0.496 e. The standard InChI is InChI=1S/C11H18N2O3S/c1-9-3-4-11(16-2)10(7-9)8-13-5-6-17(12,14)15/h3-4,7,13H,5-6,8H2,1-2H3,(H2,12,14,15). The van der Waals surface area contributed by atoms with Gasteiger partial charge in [0.05, 0.1) is 12.9 Å². The lowest BCUT2D eigenvalue weighted by Crippen LogP contribution is -2.26. The fourth-order valence-corrected chi connectivity index (χ4v) is 1.91. The smallest absolute Gasteiger partial charge is 0.210 e. The van der Waals surface area contributed by atoms with Gasteiger partial charge in [-0.3, -0.25) is 0 Å². The molecule has 3 N–H and O–H groups in total. The summed E-state index contributed by atoms with van der Waals surface area (Å²) < 4.78 is 26.7. The molecule has 1 rings (SSSR count). The zero-order valence-corrected chi connectivity index (χ0v) is 10.9. The number of methoxy groups -OCH3 is 1. The van der Waals surface area contributed by atoms with Gasteiger partial charge in [-0.2, -0.15) is 0 Å². The van der Waals surface area contributed by atoms with E-state index in [1.54, 1.807) is 7.11 Å². The van der Waals surface area contributed by atoms with Crippen molar-refractivity contribution < 1.29 is 13.2 Å². The summed E-state index contributed by atoms with van der Waals surface area (Å²) in [6.45, 7) is 2.88. The fraction of sp³-hybridized carbons (Fsp3) is 0.455. The summed E-state index contributed by atoms with van der Waals surface area (Å²) in [6, 6.07) is 5.86. The number of nitrogens with two attached hydrogens (primary N) is 1. The van der Waals surface area contributed by atoms with Crippen LogP contribution >= 0.6 is 0 Å². The second-order valence-corrected chi connectivity index (χ2v) is 5.59. The summed E-state index contributed by atoms with van der Waals surface area (Å²) in [5.74, 6) is 0.722. The molecule has 0 fully saturated rings. The van der Waals surface area contributed by atoms with Crippen LogP contribution in [0.2, 0.25) is 0 Å². The van der Waals surface area contributed by atoms with Gasteiger partial charge in [0.2, 0.25) is 10.0 Å². The molecule has 96 valence electrons. The number of aryl methyl sites for hydroxylation is 1. The Morgan fingerprint density at radius 3 is 2.71 bits per heavy atom. The second-order valence-electron chi connectivity index (χ2n) is 3.86. The van der Waals surface area contributed by atoms with E-state index in [0.717, 1.165) is 16.9 Å². The number of hydrogen-bond donors (Lipinski definition) is 2. The molecule has 0 aliphatic heterocycles. The summed E-state index contributed by atoms with van der Waals surface area (Å²) in [6.07, 6.45) is 0. The molecular weight excluding hydrogens is 240 g/mol. The van der Waals surface area contributed by atoms with E-state index >= 15 is 0 Å². The molecule has 17 heavy (non-hydrogen) atoms. The minimum Gasteiger partial charge on any atom is -0.496 e. The van der Waals surface area contributed by atoms with Crippen LogP contribution in [0.1, 0.15) is 11.1 Å². The van der Waals surface area contributed by atoms with Crippen molar-refractivity contribution in [1.29, 1.82) is 0 Å². The van der Waals surface area contributed by atoms with E-state index in [9.17, 15) is 8.42 Å². The molecule has 0 aromatic heterocycles. The van der Waals surface area contributed by atoms with Gasteiger partial charge in [0.25, 0.3) is 0 Å². The predicted molar refractivity (Wildman–Crippen MR) is 67.4 cm³/mol. The van der Waals surface area contributed by atoms with Crippen LogP contribution in [-0.4, -0.2) is 27.8 Å². The van der Waals surface area contributed by atoms with Crippen LogP contribution in [0.3, 0.4) is 0 Å². The summed E-state index contributed by atoms with van der Waals surface area (Å²) in [4.78, 5) is 0. The second kappa shape index (κ2) is 6.00. The molecule has 5 nitrogen and oxygen atoms in total. The van der Waals surface area contributed by atoms with Crippen LogP contribution in [0.15, 0.2) is 18.2 Å². The molecule has 0 radical (unpaired) electrons. The number of rotatable bonds is 6. The van der Waals surface area contributed by atoms with Crippen molar-refractivity contribution in [3.05, 3.63) is 29.3 Å². The van der Waals surface area contributed by atoms with Crippen molar-refractivity contribution in [2.24, 2.45) is 5.14 Å². The molecular formula is C11H18N2O3S. The fourth-order valence-electron chi connectivity index (χ4n) is 1.48. The maximum Gasteiger partial charge on any atom is 0.210 e. The molecule has 1 aromatic carbocycles. The molecule has 0 aliphatic rings. The lowest BCUT2D eigenvalue weighted by Gasteiger charge is -2.10. The molecule has 0 bridgehead atoms. The number of hydrogen-bond acceptors (Lipinski definition) is 4. The molecule has 1 aromatic rings. The third-order valence-corrected chi connectivity index (χ3v) is 3.09. The Kier molecular flexibility index (Phi) is 4.92. The summed E-state index contributed by atoms with van der Waals surface area (Å²) >= 11 is 0. The summed E-state index contributed by atoms with van der Waals surface area (Å²) in [5, 5.41) is 7.92. The van der Waals surface area contributed by atoms with Crippen molar-refractivity contribution in [3.63, 3.8) is 0 Å². The Hall–Kier alpha value is -1.11. The van der Waals surface area contributed by atoms with Gasteiger partial charge in [-0.25, -0.2) is 13.6 Å². The Labute approximate surface area is 102 Å². The van der Waals surface area contributed by atoms with Crippen LogP contribution < -0.4 is 15.2 Å². The average Bonchev–Trinajstić information content (AvgIpc) is 2.23. The first-order valence-corrected chi connectivity index (χ1v) is 6.98. The number of sulfonamides is 1. The third kappa shape index (κ3) is 5.16. The van der Waals surface area contributed by atoms with Gasteiger partial charge in [-0.15, -0.1) is 0 Å². The first-order chi connectivity index (χ1) is 7.92. The van der Waals surface area contributed by atoms with Crippen molar-refractivity contribution >= 4 is 10.0 Å². The highest BCUT2D eigenvalue weighted by Crippen LogP contribution is 2.19. The molecule has 0 aliphatic carbocycles. The topological polar surface area (TPSA) is 81.4 Å². The van der Waals surface area contributed by atoms with E-state index in [2.05, 4.69) is 5.32 Å². The highest BCUT2D eigenvalue weighted by molar-refractivity contribution is 7.89. The van der Waals surface area contributed by atoms with Crippen molar-refractivity contribution in [2.45, 2.75) is 13.5 Å². The van der Waals surface area contributed by atoms with Gasteiger partial charge in [0.15, 0.2) is 0 Å². The monoisotopic (exact) mass is 258 g/mol. The highest BCUT2D eigenvalue weighted by atomic mass is 32.2. The SMILES string of the molecule is COc1ccc(C)cc1CNCCS(N)(=O)=O. The lowest BCUT2D eigenvalue weighted by atomic mass is 10.1. The van der Waals surface area contributed by atoms with Crippen LogP contribution in [-0.2, 0) is 16.6 Å². The number of nitrogens with one attached hydrogen (secondary N) is 1. The van der Waals surface area contributed by atoms with E-state index in [-0.39, 0.29) is 5.75 Å². The number of ether oxygens (including phenoxy) is 1. The van der Waals surface area contributed by atoms with Crippen LogP contribution in [0.5, 0.6) is 5.75 Å². The van der Waals surface area contributed by atoms with Crippen LogP contribution in [0.25, 0.3) is 0 Å². The average molecular weight is 258 g/mol. The molecule has 0 saturated heterocycles. The Morgan fingerprint density at radius 1 is 1.41 bits per heavy atom. The number of primary sulfonamides is 1. The van der Waals surface area contributed by atoms with Gasteiger partial charge in [0, 0.05) is 18.7 Å². The van der Waals surface area contributed by atoms with E-state index in [4.69, 9.17) is 9.88 Å². The van der Waals surface area contributed by atoms with Crippen molar-refractivity contribution in [3.8, 4) is 5.75 Å². The first-order valence-electron chi connectivity index (χ1n) is 5.27. The van der Waals surface area contributed by atoms with E-state index < -0.39 is 10.0 Å². The quantitative estimate of drug-likeness (QED) is 0.723. The molecule has 0 heterocycles. The molecule has 0 saturated carbocycles. The maximum absolute atomic E-state index is 10.7. The molecule has 6 heteroatoms. The Balaban J connectivity index is 2.54. The first kappa shape index (κ1) is 14.0. The maximum atomic E-state index is 10.7. The summed E-state index contributed by atoms with van der Waals surface area (Å²) in [7, 11) is -1.79. The van der Waals surface area contributed by atoms with E-state index in [1.165, 1.54) is 0 Å². The minimum absolute atomic E-state index is 0.0683. The van der Waals surface area contributed by atoms with Gasteiger partial charge in [-0.1, -0.05) is 17.7 Å². The predicted octanol–water partition coefficient (Wildman–Crippen LogP) is 0.382. The molecule has 0 atom stereocenters. The number of benzene rings is 1. The Morgan fingerprint density at radius 2 is 2.12 bits per heavy atom. The normalized spacial score (nSPS) is 11.5. The van der Waals surface area contributed by atoms with Gasteiger partial charge in [-0.05, 0) is 13.0 Å². The van der Waals surface area contributed by atoms with E-state index in [0.29, 0.717) is 13.1 Å². The summed E-state index contributed by atoms with van der Waals surface area (Å²) in [5.41, 5.74) is 2.14. The Bertz CT molecular complexity index is 472. The van der Waals surface area contributed by atoms with Crippen LogP contribution in [0, 0.1) is 6.92 Å². The third-order valence-electron chi connectivity index (χ3n) is 2.31. The highest BCUT2D eigenvalue weighted by Gasteiger charge is 2.04. The zero-order valence-electron chi connectivity index (χ0n) is 10.1. The molecule has 0 unspecified atom stereocenters. The van der Waals surface area contributed by atoms with E-state index in [1.807, 2.05) is 25.1 Å². The zero-order chi connectivity index (χ0) is 12.9. The van der Waals surface area contributed by atoms with Gasteiger partial charge < -0.3 is 10.1 Å². The molecule has 0 spiro atoms. The molecule has 0 amide bonds. The van der Waals surface area contributed by atoms with Gasteiger partial charge in [0.1, 0.15) is 5.75 Å². The van der Waals surface area contributed by atoms with Crippen LogP contribution in [0.4, 0.5) is 0 Å². The lowest BCUT2D eigenvalue weighted by molar-refractivity contribution is 0.408. The minimum atomic E-state index is -3.40. The van der Waals surface area contributed by atoms with Crippen molar-refractivity contribution in [2.75, 3.05) is 19.4 Å².